The molecule has 0 aliphatic carbocycles. The third kappa shape index (κ3) is 3.32. The van der Waals surface area contributed by atoms with Crippen LogP contribution in [0.5, 0.6) is 5.75 Å². The number of benzene rings is 3. The second-order valence-electron chi connectivity index (χ2n) is 7.35. The van der Waals surface area contributed by atoms with Gasteiger partial charge < -0.3 is 9.72 Å². The van der Waals surface area contributed by atoms with E-state index in [4.69, 9.17) is 4.74 Å². The molecular formula is C25H22N2O2. The second-order valence-corrected chi connectivity index (χ2v) is 7.35. The lowest BCUT2D eigenvalue weighted by molar-refractivity contribution is 0.0931. The average Bonchev–Trinajstić information content (AvgIpc) is 3.22. The Bertz CT molecular complexity index is 1150. The van der Waals surface area contributed by atoms with Crippen LogP contribution in [0.2, 0.25) is 0 Å². The van der Waals surface area contributed by atoms with Crippen molar-refractivity contribution in [2.75, 3.05) is 6.61 Å². The smallest absolute Gasteiger partial charge is 0.186 e. The monoisotopic (exact) mass is 382 g/mol. The Morgan fingerprint density at radius 3 is 2.62 bits per heavy atom. The third-order valence-electron chi connectivity index (χ3n) is 5.58. The number of H-pyrrole nitrogens is 1. The molecule has 2 atom stereocenters. The normalized spacial score (nSPS) is 16.8. The number of hydrogen-bond acceptors (Lipinski definition) is 3. The number of fused-ring (bicyclic) bond motifs is 2. The molecule has 4 aromatic rings. The molecule has 29 heavy (non-hydrogen) atoms. The maximum absolute atomic E-state index is 13.7. The molecular weight excluding hydrogens is 360 g/mol. The topological polar surface area (TPSA) is 54.1 Å². The van der Waals surface area contributed by atoms with Crippen LogP contribution in [0.1, 0.15) is 40.0 Å². The van der Waals surface area contributed by atoms with Crippen molar-refractivity contribution in [2.45, 2.75) is 18.5 Å². The van der Waals surface area contributed by atoms with Crippen LogP contribution in [-0.4, -0.2) is 17.4 Å². The summed E-state index contributed by atoms with van der Waals surface area (Å²) in [6, 6.07) is 25.5. The highest BCUT2D eigenvalue weighted by Gasteiger charge is 2.29. The predicted octanol–water partition coefficient (Wildman–Crippen LogP) is 5.21. The van der Waals surface area contributed by atoms with Crippen molar-refractivity contribution in [2.24, 2.45) is 0 Å². The van der Waals surface area contributed by atoms with Crippen molar-refractivity contribution < 1.29 is 9.53 Å². The number of para-hydroxylation sites is 2. The summed E-state index contributed by atoms with van der Waals surface area (Å²) in [4.78, 5) is 16.9. The molecule has 144 valence electrons. The van der Waals surface area contributed by atoms with E-state index in [-0.39, 0.29) is 11.8 Å². The fourth-order valence-corrected chi connectivity index (χ4v) is 4.12. The molecule has 1 aromatic heterocycles. The number of carbonyl (C=O) groups excluding carboxylic acids is 1. The highest BCUT2D eigenvalue weighted by Crippen LogP contribution is 2.34. The number of aromatic amines is 1. The Morgan fingerprint density at radius 1 is 0.966 bits per heavy atom. The number of carbonyl (C=O) groups is 1. The molecule has 4 heteroatoms. The van der Waals surface area contributed by atoms with E-state index in [0.29, 0.717) is 12.2 Å². The van der Waals surface area contributed by atoms with Gasteiger partial charge in [0.15, 0.2) is 5.78 Å². The zero-order chi connectivity index (χ0) is 19.6. The van der Waals surface area contributed by atoms with Crippen molar-refractivity contribution in [3.63, 3.8) is 0 Å². The van der Waals surface area contributed by atoms with Gasteiger partial charge in [-0.2, -0.15) is 0 Å². The van der Waals surface area contributed by atoms with Crippen LogP contribution in [0.3, 0.4) is 0 Å². The fraction of sp³-hybridized carbons (Fsp3) is 0.160. The lowest BCUT2D eigenvalue weighted by Gasteiger charge is -2.30. The summed E-state index contributed by atoms with van der Waals surface area (Å²) in [5.74, 6) is 0.959. The van der Waals surface area contributed by atoms with Gasteiger partial charge in [0, 0.05) is 40.7 Å². The minimum absolute atomic E-state index is 0.0549. The van der Waals surface area contributed by atoms with E-state index in [0.717, 1.165) is 34.2 Å². The lowest BCUT2D eigenvalue weighted by Crippen LogP contribution is -2.34. The molecule has 1 aliphatic heterocycles. The predicted molar refractivity (Wildman–Crippen MR) is 114 cm³/mol. The van der Waals surface area contributed by atoms with Crippen LogP contribution in [0.4, 0.5) is 0 Å². The number of Topliss-reactive ketones (excluding diaryl/α,β-unsaturated/α-hetero) is 1. The summed E-state index contributed by atoms with van der Waals surface area (Å²) < 4.78 is 5.80. The van der Waals surface area contributed by atoms with E-state index >= 15 is 0 Å². The zero-order valence-electron chi connectivity index (χ0n) is 16.0. The first kappa shape index (κ1) is 17.7. The Morgan fingerprint density at radius 2 is 1.72 bits per heavy atom. The minimum atomic E-state index is -0.438. The van der Waals surface area contributed by atoms with Crippen LogP contribution in [-0.2, 0) is 0 Å². The number of ether oxygens (including phenoxy) is 1. The van der Waals surface area contributed by atoms with Gasteiger partial charge in [-0.25, -0.2) is 0 Å². The van der Waals surface area contributed by atoms with Gasteiger partial charge in [-0.1, -0.05) is 66.7 Å². The quantitative estimate of drug-likeness (QED) is 0.466. The molecule has 0 radical (unpaired) electrons. The SMILES string of the molecule is O=C(c1c[nH]c2ccccc12)[C@H](N[C@@H]1CCOc2ccccc21)c1ccccc1. The van der Waals surface area contributed by atoms with E-state index in [1.165, 1.54) is 0 Å². The van der Waals surface area contributed by atoms with Crippen LogP contribution >= 0.6 is 0 Å². The van der Waals surface area contributed by atoms with Crippen molar-refractivity contribution >= 4 is 16.7 Å². The van der Waals surface area contributed by atoms with Gasteiger partial charge in [0.25, 0.3) is 0 Å². The van der Waals surface area contributed by atoms with Gasteiger partial charge in [-0.3, -0.25) is 10.1 Å². The summed E-state index contributed by atoms with van der Waals surface area (Å²) >= 11 is 0. The Kier molecular flexibility index (Phi) is 4.62. The Balaban J connectivity index is 1.54. The van der Waals surface area contributed by atoms with E-state index in [2.05, 4.69) is 16.4 Å². The van der Waals surface area contributed by atoms with E-state index in [1.54, 1.807) is 0 Å². The lowest BCUT2D eigenvalue weighted by atomic mass is 9.93. The first-order valence-corrected chi connectivity index (χ1v) is 9.94. The number of hydrogen-bond donors (Lipinski definition) is 2. The summed E-state index contributed by atoms with van der Waals surface area (Å²) in [5, 5.41) is 4.59. The fourth-order valence-electron chi connectivity index (χ4n) is 4.12. The Hall–Kier alpha value is -3.37. The molecule has 0 fully saturated rings. The highest BCUT2D eigenvalue weighted by molar-refractivity contribution is 6.10. The molecule has 0 spiro atoms. The van der Waals surface area contributed by atoms with E-state index in [9.17, 15) is 4.79 Å². The minimum Gasteiger partial charge on any atom is -0.493 e. The van der Waals surface area contributed by atoms with Gasteiger partial charge in [0.1, 0.15) is 5.75 Å². The number of nitrogens with one attached hydrogen (secondary N) is 2. The standard InChI is InChI=1S/C25H22N2O2/c28-25(20-16-26-21-12-6-4-10-18(20)21)24(17-8-2-1-3-9-17)27-22-14-15-29-23-13-7-5-11-19(22)23/h1-13,16,22,24,26-27H,14-15H2/t22-,24-/m1/s1. The summed E-state index contributed by atoms with van der Waals surface area (Å²) in [6.07, 6.45) is 2.64. The summed E-state index contributed by atoms with van der Waals surface area (Å²) in [6.45, 7) is 0.636. The van der Waals surface area contributed by atoms with Crippen LogP contribution in [0, 0.1) is 0 Å². The third-order valence-corrected chi connectivity index (χ3v) is 5.58. The molecule has 2 heterocycles. The van der Waals surface area contributed by atoms with Gasteiger partial charge in [0.05, 0.1) is 12.6 Å². The summed E-state index contributed by atoms with van der Waals surface area (Å²) in [7, 11) is 0. The van der Waals surface area contributed by atoms with Crippen LogP contribution in [0.15, 0.2) is 85.1 Å². The van der Waals surface area contributed by atoms with Crippen molar-refractivity contribution in [3.05, 3.63) is 102 Å². The molecule has 4 nitrogen and oxygen atoms in total. The molecule has 1 aliphatic rings. The van der Waals surface area contributed by atoms with E-state index in [1.807, 2.05) is 79.0 Å². The van der Waals surface area contributed by atoms with Crippen molar-refractivity contribution in [3.8, 4) is 5.75 Å². The van der Waals surface area contributed by atoms with Gasteiger partial charge in [-0.15, -0.1) is 0 Å². The van der Waals surface area contributed by atoms with Gasteiger partial charge in [0.2, 0.25) is 0 Å². The molecule has 0 saturated carbocycles. The molecule has 0 unspecified atom stereocenters. The average molecular weight is 382 g/mol. The maximum atomic E-state index is 13.7. The first-order valence-electron chi connectivity index (χ1n) is 9.94. The maximum Gasteiger partial charge on any atom is 0.186 e. The highest BCUT2D eigenvalue weighted by atomic mass is 16.5. The molecule has 0 amide bonds. The molecule has 0 bridgehead atoms. The molecule has 0 saturated heterocycles. The first-order chi connectivity index (χ1) is 14.3. The van der Waals surface area contributed by atoms with Crippen molar-refractivity contribution in [1.82, 2.24) is 10.3 Å². The van der Waals surface area contributed by atoms with E-state index < -0.39 is 6.04 Å². The van der Waals surface area contributed by atoms with Crippen LogP contribution in [0.25, 0.3) is 10.9 Å². The molecule has 2 N–H and O–H groups in total. The van der Waals surface area contributed by atoms with Gasteiger partial charge in [-0.05, 0) is 17.7 Å². The zero-order valence-corrected chi connectivity index (χ0v) is 16.0. The summed E-state index contributed by atoms with van der Waals surface area (Å²) in [5.41, 5.74) is 3.75. The number of rotatable bonds is 5. The second kappa shape index (κ2) is 7.57. The number of aromatic nitrogens is 1. The van der Waals surface area contributed by atoms with Crippen LogP contribution < -0.4 is 10.1 Å². The van der Waals surface area contributed by atoms with Crippen molar-refractivity contribution in [1.29, 1.82) is 0 Å². The molecule has 5 rings (SSSR count). The van der Waals surface area contributed by atoms with Gasteiger partial charge >= 0.3 is 0 Å². The largest absolute Gasteiger partial charge is 0.493 e. The Labute approximate surface area is 169 Å². The molecule has 3 aromatic carbocycles. The number of ketones is 1.